The Bertz CT molecular complexity index is 553. The predicted molar refractivity (Wildman–Crippen MR) is 75.8 cm³/mol. The predicted octanol–water partition coefficient (Wildman–Crippen LogP) is 2.44. The van der Waals surface area contributed by atoms with Gasteiger partial charge in [-0.05, 0) is 12.8 Å². The molecule has 102 valence electrons. The van der Waals surface area contributed by atoms with Gasteiger partial charge in [0.15, 0.2) is 11.6 Å². The van der Waals surface area contributed by atoms with Gasteiger partial charge in [-0.25, -0.2) is 14.6 Å². The van der Waals surface area contributed by atoms with Crippen molar-refractivity contribution in [3.8, 4) is 11.5 Å². The van der Waals surface area contributed by atoms with E-state index in [4.69, 9.17) is 10.7 Å². The van der Waals surface area contributed by atoms with Gasteiger partial charge >= 0.3 is 0 Å². The summed E-state index contributed by atoms with van der Waals surface area (Å²) in [6.45, 7) is 0.484. The Kier molecular flexibility index (Phi) is 3.61. The van der Waals surface area contributed by atoms with Crippen molar-refractivity contribution in [1.29, 1.82) is 0 Å². The zero-order valence-corrected chi connectivity index (χ0v) is 12.0. The smallest absolute Gasteiger partial charge is 0.177 e. The van der Waals surface area contributed by atoms with E-state index < -0.39 is 0 Å². The third-order valence-electron chi connectivity index (χ3n) is 3.71. The van der Waals surface area contributed by atoms with Crippen LogP contribution < -0.4 is 5.73 Å². The van der Waals surface area contributed by atoms with Crippen molar-refractivity contribution < 1.29 is 0 Å². The average molecular weight is 277 g/mol. The van der Waals surface area contributed by atoms with Crippen LogP contribution in [-0.4, -0.2) is 19.7 Å². The molecule has 3 rings (SSSR count). The molecule has 0 aliphatic heterocycles. The molecule has 19 heavy (non-hydrogen) atoms. The van der Waals surface area contributed by atoms with Crippen LogP contribution in [0.2, 0.25) is 0 Å². The standard InChI is InChI=1S/C13H19N5S/c1-18-13(10-8-19-11(7-14)15-10)16-12(17-18)9-5-3-2-4-6-9/h8-9H,2-7,14H2,1H3. The summed E-state index contributed by atoms with van der Waals surface area (Å²) < 4.78 is 1.85. The summed E-state index contributed by atoms with van der Waals surface area (Å²) in [4.78, 5) is 9.20. The average Bonchev–Trinajstić information content (AvgIpc) is 3.06. The number of thiazole rings is 1. The van der Waals surface area contributed by atoms with E-state index in [1.165, 1.54) is 32.1 Å². The van der Waals surface area contributed by atoms with Crippen molar-refractivity contribution in [1.82, 2.24) is 19.7 Å². The van der Waals surface area contributed by atoms with Crippen LogP contribution in [0.3, 0.4) is 0 Å². The van der Waals surface area contributed by atoms with E-state index in [2.05, 4.69) is 10.1 Å². The Hall–Kier alpha value is -1.27. The topological polar surface area (TPSA) is 69.6 Å². The summed E-state index contributed by atoms with van der Waals surface area (Å²) in [5.41, 5.74) is 6.50. The fourth-order valence-electron chi connectivity index (χ4n) is 2.67. The Morgan fingerprint density at radius 3 is 2.79 bits per heavy atom. The van der Waals surface area contributed by atoms with E-state index in [1.807, 2.05) is 17.1 Å². The summed E-state index contributed by atoms with van der Waals surface area (Å²) in [6, 6.07) is 0. The molecular formula is C13H19N5S. The summed E-state index contributed by atoms with van der Waals surface area (Å²) >= 11 is 1.58. The molecule has 0 spiro atoms. The normalized spacial score (nSPS) is 16.9. The zero-order valence-electron chi connectivity index (χ0n) is 11.2. The molecule has 5 nitrogen and oxygen atoms in total. The van der Waals surface area contributed by atoms with Crippen LogP contribution in [0.5, 0.6) is 0 Å². The highest BCUT2D eigenvalue weighted by Crippen LogP contribution is 2.32. The molecular weight excluding hydrogens is 258 g/mol. The lowest BCUT2D eigenvalue weighted by Crippen LogP contribution is -2.06. The molecule has 1 aliphatic rings. The van der Waals surface area contributed by atoms with E-state index in [1.54, 1.807) is 11.3 Å². The van der Waals surface area contributed by atoms with Gasteiger partial charge in [0.25, 0.3) is 0 Å². The van der Waals surface area contributed by atoms with Crippen molar-refractivity contribution in [3.63, 3.8) is 0 Å². The van der Waals surface area contributed by atoms with Crippen LogP contribution >= 0.6 is 11.3 Å². The van der Waals surface area contributed by atoms with Gasteiger partial charge in [0, 0.05) is 24.9 Å². The first-order chi connectivity index (χ1) is 9.28. The van der Waals surface area contributed by atoms with Gasteiger partial charge < -0.3 is 5.73 Å². The number of hydrogen-bond donors (Lipinski definition) is 1. The van der Waals surface area contributed by atoms with Crippen molar-refractivity contribution in [2.75, 3.05) is 0 Å². The van der Waals surface area contributed by atoms with Gasteiger partial charge in [-0.3, -0.25) is 0 Å². The largest absolute Gasteiger partial charge is 0.325 e. The van der Waals surface area contributed by atoms with Gasteiger partial charge in [-0.2, -0.15) is 5.10 Å². The first-order valence-electron chi connectivity index (χ1n) is 6.83. The van der Waals surface area contributed by atoms with E-state index >= 15 is 0 Å². The van der Waals surface area contributed by atoms with Crippen LogP contribution in [0.25, 0.3) is 11.5 Å². The lowest BCUT2D eigenvalue weighted by Gasteiger charge is -2.18. The lowest BCUT2D eigenvalue weighted by molar-refractivity contribution is 0.427. The minimum Gasteiger partial charge on any atom is -0.325 e. The van der Waals surface area contributed by atoms with E-state index in [-0.39, 0.29) is 0 Å². The molecule has 2 N–H and O–H groups in total. The summed E-state index contributed by atoms with van der Waals surface area (Å²) in [5, 5.41) is 7.54. The fraction of sp³-hybridized carbons (Fsp3) is 0.615. The summed E-state index contributed by atoms with van der Waals surface area (Å²) in [5.74, 6) is 2.37. The van der Waals surface area contributed by atoms with Crippen molar-refractivity contribution in [3.05, 3.63) is 16.2 Å². The minimum atomic E-state index is 0.484. The third kappa shape index (κ3) is 2.55. The number of nitrogens with two attached hydrogens (primary N) is 1. The Balaban J connectivity index is 1.88. The second kappa shape index (κ2) is 5.38. The molecule has 0 radical (unpaired) electrons. The van der Waals surface area contributed by atoms with Crippen molar-refractivity contribution in [2.24, 2.45) is 12.8 Å². The quantitative estimate of drug-likeness (QED) is 0.935. The molecule has 0 amide bonds. The lowest BCUT2D eigenvalue weighted by atomic mass is 9.89. The van der Waals surface area contributed by atoms with Crippen LogP contribution in [0.4, 0.5) is 0 Å². The first-order valence-corrected chi connectivity index (χ1v) is 7.71. The molecule has 1 saturated carbocycles. The fourth-order valence-corrected chi connectivity index (χ4v) is 3.32. The zero-order chi connectivity index (χ0) is 13.2. The molecule has 0 saturated heterocycles. The van der Waals surface area contributed by atoms with Gasteiger partial charge in [-0.1, -0.05) is 19.3 Å². The van der Waals surface area contributed by atoms with Crippen LogP contribution in [0.15, 0.2) is 5.38 Å². The summed E-state index contributed by atoms with van der Waals surface area (Å²) in [7, 11) is 1.94. The van der Waals surface area contributed by atoms with E-state index in [0.29, 0.717) is 12.5 Å². The Labute approximate surface area is 116 Å². The molecule has 0 bridgehead atoms. The van der Waals surface area contributed by atoms with Crippen LogP contribution in [0.1, 0.15) is 48.9 Å². The number of nitrogens with zero attached hydrogens (tertiary/aromatic N) is 4. The molecule has 0 aromatic carbocycles. The third-order valence-corrected chi connectivity index (χ3v) is 4.58. The number of aryl methyl sites for hydroxylation is 1. The Morgan fingerprint density at radius 2 is 2.11 bits per heavy atom. The van der Waals surface area contributed by atoms with E-state index in [0.717, 1.165) is 22.4 Å². The maximum atomic E-state index is 5.61. The molecule has 1 aliphatic carbocycles. The SMILES string of the molecule is Cn1nc(C2CCCCC2)nc1-c1csc(CN)n1. The molecule has 0 atom stereocenters. The minimum absolute atomic E-state index is 0.484. The molecule has 2 aromatic rings. The van der Waals surface area contributed by atoms with Gasteiger partial charge in [0.2, 0.25) is 0 Å². The van der Waals surface area contributed by atoms with Crippen molar-refractivity contribution in [2.45, 2.75) is 44.6 Å². The van der Waals surface area contributed by atoms with Gasteiger partial charge in [0.05, 0.1) is 0 Å². The number of hydrogen-bond acceptors (Lipinski definition) is 5. The second-order valence-corrected chi connectivity index (χ2v) is 6.03. The highest BCUT2D eigenvalue weighted by Gasteiger charge is 2.22. The molecule has 0 unspecified atom stereocenters. The highest BCUT2D eigenvalue weighted by atomic mass is 32.1. The van der Waals surface area contributed by atoms with Crippen LogP contribution in [-0.2, 0) is 13.6 Å². The van der Waals surface area contributed by atoms with E-state index in [9.17, 15) is 0 Å². The van der Waals surface area contributed by atoms with Gasteiger partial charge in [-0.15, -0.1) is 11.3 Å². The maximum absolute atomic E-state index is 5.61. The highest BCUT2D eigenvalue weighted by molar-refractivity contribution is 7.09. The number of aromatic nitrogens is 4. The number of rotatable bonds is 3. The molecule has 1 fully saturated rings. The Morgan fingerprint density at radius 1 is 1.32 bits per heavy atom. The van der Waals surface area contributed by atoms with Gasteiger partial charge in [0.1, 0.15) is 10.7 Å². The van der Waals surface area contributed by atoms with Crippen molar-refractivity contribution >= 4 is 11.3 Å². The molecule has 2 heterocycles. The molecule has 2 aromatic heterocycles. The maximum Gasteiger partial charge on any atom is 0.177 e. The first kappa shape index (κ1) is 12.7. The summed E-state index contributed by atoms with van der Waals surface area (Å²) in [6.07, 6.45) is 6.38. The monoisotopic (exact) mass is 277 g/mol. The molecule has 6 heteroatoms. The van der Waals surface area contributed by atoms with Crippen LogP contribution in [0, 0.1) is 0 Å². The second-order valence-electron chi connectivity index (χ2n) is 5.08.